The number of hydrogen-bond acceptors (Lipinski definition) is 2. The van der Waals surface area contributed by atoms with Gasteiger partial charge in [-0.2, -0.15) is 13.2 Å². The van der Waals surface area contributed by atoms with E-state index in [-0.39, 0.29) is 6.42 Å². The molecule has 0 spiro atoms. The second-order valence-corrected chi connectivity index (χ2v) is 11.8. The summed E-state index contributed by atoms with van der Waals surface area (Å²) >= 11 is 1.77. The molecule has 0 aliphatic rings. The number of aryl methyl sites for hydroxylation is 3. The highest BCUT2D eigenvalue weighted by molar-refractivity contribution is 7.23. The number of alkyl halides is 3. The molecule has 3 aromatic carbocycles. The molecule has 0 N–H and O–H groups in total. The van der Waals surface area contributed by atoms with Crippen molar-refractivity contribution < 1.29 is 13.2 Å². The molecule has 1 nitrogen and oxygen atoms in total. The van der Waals surface area contributed by atoms with E-state index in [1.54, 1.807) is 23.5 Å². The fourth-order valence-corrected chi connectivity index (χ4v) is 6.30. The molecule has 0 amide bonds. The Kier molecular flexibility index (Phi) is 6.68. The highest BCUT2D eigenvalue weighted by atomic mass is 32.1. The molecule has 0 bridgehead atoms. The molecular weight excluding hydrogens is 499 g/mol. The van der Waals surface area contributed by atoms with Crippen LogP contribution in [0.1, 0.15) is 36.1 Å². The fourth-order valence-electron chi connectivity index (χ4n) is 4.98. The Balaban J connectivity index is 1.44. The van der Waals surface area contributed by atoms with Crippen LogP contribution in [0.5, 0.6) is 0 Å². The van der Waals surface area contributed by atoms with Crippen molar-refractivity contribution in [2.45, 2.75) is 47.2 Å². The summed E-state index contributed by atoms with van der Waals surface area (Å²) in [6, 6.07) is 24.5. The van der Waals surface area contributed by atoms with E-state index in [0.29, 0.717) is 5.56 Å². The fraction of sp³-hybridized carbons (Fsp3) is 0.242. The molecule has 2 heterocycles. The highest BCUT2D eigenvalue weighted by Gasteiger charge is 2.46. The molecule has 0 unspecified atom stereocenters. The van der Waals surface area contributed by atoms with E-state index in [1.165, 1.54) is 45.5 Å². The van der Waals surface area contributed by atoms with Gasteiger partial charge in [-0.05, 0) is 78.6 Å². The van der Waals surface area contributed by atoms with Crippen LogP contribution in [0.3, 0.4) is 0 Å². The van der Waals surface area contributed by atoms with Gasteiger partial charge in [0.1, 0.15) is 0 Å². The monoisotopic (exact) mass is 529 g/mol. The molecular formula is C33H30F3NS. The lowest BCUT2D eigenvalue weighted by Gasteiger charge is -2.27. The van der Waals surface area contributed by atoms with Crippen molar-refractivity contribution in [3.63, 3.8) is 0 Å². The van der Waals surface area contributed by atoms with Crippen LogP contribution in [0.2, 0.25) is 0 Å². The summed E-state index contributed by atoms with van der Waals surface area (Å²) in [6.07, 6.45) is -2.39. The van der Waals surface area contributed by atoms with Gasteiger partial charge >= 0.3 is 6.18 Å². The Labute approximate surface area is 226 Å². The summed E-state index contributed by atoms with van der Waals surface area (Å²) < 4.78 is 41.0. The Morgan fingerprint density at radius 2 is 1.26 bits per heavy atom. The summed E-state index contributed by atoms with van der Waals surface area (Å²) in [5.74, 6) is 0. The van der Waals surface area contributed by atoms with E-state index >= 15 is 0 Å². The van der Waals surface area contributed by atoms with Crippen LogP contribution in [0.15, 0.2) is 79.0 Å². The zero-order valence-electron chi connectivity index (χ0n) is 22.2. The van der Waals surface area contributed by atoms with Crippen molar-refractivity contribution >= 4 is 21.4 Å². The number of aromatic nitrogens is 1. The van der Waals surface area contributed by atoms with Gasteiger partial charge in [-0.3, -0.25) is 4.98 Å². The van der Waals surface area contributed by atoms with Crippen molar-refractivity contribution in [1.82, 2.24) is 4.98 Å². The summed E-state index contributed by atoms with van der Waals surface area (Å²) in [5, 5.41) is 1.22. The van der Waals surface area contributed by atoms with Crippen molar-refractivity contribution in [2.75, 3.05) is 0 Å². The topological polar surface area (TPSA) is 12.9 Å². The Bertz CT molecular complexity index is 1590. The van der Waals surface area contributed by atoms with Crippen molar-refractivity contribution in [1.29, 1.82) is 0 Å². The predicted octanol–water partition coefficient (Wildman–Crippen LogP) is 10.4. The summed E-state index contributed by atoms with van der Waals surface area (Å²) in [7, 11) is 0. The molecule has 0 saturated carbocycles. The van der Waals surface area contributed by atoms with Gasteiger partial charge in [-0.1, -0.05) is 79.6 Å². The number of rotatable bonds is 5. The SMILES string of the molecule is Cc1cc(C)cc(-c2nccc3c(C)c(-c4ccc(-c5ccc(CC(C)(C)C(F)(F)F)cc5)cc4)sc23)c1. The highest BCUT2D eigenvalue weighted by Crippen LogP contribution is 2.43. The molecule has 0 fully saturated rings. The van der Waals surface area contributed by atoms with Crippen LogP contribution in [-0.4, -0.2) is 11.2 Å². The lowest BCUT2D eigenvalue weighted by atomic mass is 9.84. The molecule has 38 heavy (non-hydrogen) atoms. The molecule has 0 radical (unpaired) electrons. The second-order valence-electron chi connectivity index (χ2n) is 10.8. The number of hydrogen-bond donors (Lipinski definition) is 0. The number of fused-ring (bicyclic) bond motifs is 1. The van der Waals surface area contributed by atoms with E-state index in [9.17, 15) is 13.2 Å². The molecule has 0 atom stereocenters. The summed E-state index contributed by atoms with van der Waals surface area (Å²) in [5.41, 5.74) is 7.92. The van der Waals surface area contributed by atoms with Gasteiger partial charge in [0.2, 0.25) is 0 Å². The number of thiophene rings is 1. The van der Waals surface area contributed by atoms with Crippen LogP contribution >= 0.6 is 11.3 Å². The molecule has 5 aromatic rings. The maximum Gasteiger partial charge on any atom is 0.394 e. The zero-order valence-corrected chi connectivity index (χ0v) is 23.0. The first-order valence-corrected chi connectivity index (χ1v) is 13.5. The molecule has 0 saturated heterocycles. The minimum absolute atomic E-state index is 0.0418. The van der Waals surface area contributed by atoms with E-state index < -0.39 is 11.6 Å². The zero-order chi connectivity index (χ0) is 27.2. The quantitative estimate of drug-likeness (QED) is 0.221. The largest absolute Gasteiger partial charge is 0.394 e. The van der Waals surface area contributed by atoms with Gasteiger partial charge in [-0.25, -0.2) is 0 Å². The lowest BCUT2D eigenvalue weighted by molar-refractivity contribution is -0.211. The van der Waals surface area contributed by atoms with E-state index in [1.807, 2.05) is 18.3 Å². The van der Waals surface area contributed by atoms with Crippen LogP contribution in [-0.2, 0) is 6.42 Å². The van der Waals surface area contributed by atoms with Gasteiger partial charge in [0.05, 0.1) is 15.8 Å². The van der Waals surface area contributed by atoms with E-state index in [2.05, 4.69) is 69.3 Å². The Hall–Kier alpha value is -3.44. The first-order chi connectivity index (χ1) is 17.9. The third-order valence-electron chi connectivity index (χ3n) is 7.20. The second kappa shape index (κ2) is 9.70. The minimum Gasteiger partial charge on any atom is -0.255 e. The predicted molar refractivity (Wildman–Crippen MR) is 154 cm³/mol. The average Bonchev–Trinajstić information content (AvgIpc) is 3.20. The van der Waals surface area contributed by atoms with Gasteiger partial charge in [0.15, 0.2) is 0 Å². The van der Waals surface area contributed by atoms with Crippen LogP contribution in [0.4, 0.5) is 13.2 Å². The van der Waals surface area contributed by atoms with Gasteiger partial charge in [-0.15, -0.1) is 11.3 Å². The lowest BCUT2D eigenvalue weighted by Crippen LogP contribution is -2.34. The maximum absolute atomic E-state index is 13.3. The smallest absolute Gasteiger partial charge is 0.255 e. The van der Waals surface area contributed by atoms with Crippen molar-refractivity contribution in [2.24, 2.45) is 5.41 Å². The standard InChI is InChI=1S/C33H30F3NS/c1-20-16-21(2)18-27(17-20)29-31-28(14-15-37-29)22(3)30(38-31)26-12-10-25(11-13-26)24-8-6-23(7-9-24)19-32(4,5)33(34,35)36/h6-18H,19H2,1-5H3. The molecule has 0 aliphatic carbocycles. The Morgan fingerprint density at radius 1 is 0.711 bits per heavy atom. The van der Waals surface area contributed by atoms with Gasteiger partial charge in [0, 0.05) is 16.6 Å². The molecule has 194 valence electrons. The first kappa shape index (κ1) is 26.2. The molecule has 0 aliphatic heterocycles. The normalized spacial score (nSPS) is 12.3. The minimum atomic E-state index is -4.23. The third kappa shape index (κ3) is 5.00. The number of pyridine rings is 1. The van der Waals surface area contributed by atoms with Gasteiger partial charge in [0.25, 0.3) is 0 Å². The number of nitrogens with zero attached hydrogens (tertiary/aromatic N) is 1. The van der Waals surface area contributed by atoms with Crippen LogP contribution in [0, 0.1) is 26.2 Å². The first-order valence-electron chi connectivity index (χ1n) is 12.7. The van der Waals surface area contributed by atoms with Crippen LogP contribution in [0.25, 0.3) is 42.9 Å². The maximum atomic E-state index is 13.3. The molecule has 5 rings (SSSR count). The molecule has 5 heteroatoms. The summed E-state index contributed by atoms with van der Waals surface area (Å²) in [4.78, 5) is 5.97. The van der Waals surface area contributed by atoms with Gasteiger partial charge < -0.3 is 0 Å². The van der Waals surface area contributed by atoms with E-state index in [0.717, 1.165) is 27.9 Å². The Morgan fingerprint density at radius 3 is 1.84 bits per heavy atom. The molecule has 2 aromatic heterocycles. The summed E-state index contributed by atoms with van der Waals surface area (Å²) in [6.45, 7) is 8.88. The van der Waals surface area contributed by atoms with Crippen molar-refractivity contribution in [3.8, 4) is 32.8 Å². The van der Waals surface area contributed by atoms with E-state index in [4.69, 9.17) is 4.98 Å². The number of benzene rings is 3. The van der Waals surface area contributed by atoms with Crippen LogP contribution < -0.4 is 0 Å². The number of halogens is 3. The average molecular weight is 530 g/mol. The van der Waals surface area contributed by atoms with Crippen molar-refractivity contribution in [3.05, 3.63) is 101 Å². The third-order valence-corrected chi connectivity index (χ3v) is 8.56.